The van der Waals surface area contributed by atoms with Crippen molar-refractivity contribution in [3.8, 4) is 0 Å². The molecule has 5 rings (SSSR count). The molecule has 2 aromatic heterocycles. The molecule has 1 aromatic carbocycles. The highest BCUT2D eigenvalue weighted by Crippen LogP contribution is 2.41. The second-order valence-corrected chi connectivity index (χ2v) is 11.7. The van der Waals surface area contributed by atoms with Crippen molar-refractivity contribution >= 4 is 38.4 Å². The summed E-state index contributed by atoms with van der Waals surface area (Å²) in [6.45, 7) is 3.33. The largest absolute Gasteiger partial charge is 0.449 e. The van der Waals surface area contributed by atoms with Crippen molar-refractivity contribution in [2.75, 3.05) is 23.5 Å². The second-order valence-electron chi connectivity index (χ2n) is 9.43. The normalized spacial score (nSPS) is 20.0. The Kier molecular flexibility index (Phi) is 5.86. The lowest BCUT2D eigenvalue weighted by atomic mass is 10.1. The molecule has 0 radical (unpaired) electrons. The lowest BCUT2D eigenvalue weighted by Crippen LogP contribution is -2.37. The van der Waals surface area contributed by atoms with Crippen LogP contribution in [0.25, 0.3) is 11.0 Å². The summed E-state index contributed by atoms with van der Waals surface area (Å²) in [7, 11) is -1.48. The van der Waals surface area contributed by atoms with Gasteiger partial charge < -0.3 is 9.64 Å². The number of fused-ring (bicyclic) bond motifs is 1. The molecule has 0 unspecified atom stereocenters. The number of benzene rings is 1. The first-order valence-electron chi connectivity index (χ1n) is 11.8. The number of nitrogens with zero attached hydrogens (tertiary/aromatic N) is 4. The van der Waals surface area contributed by atoms with Gasteiger partial charge in [0, 0.05) is 24.3 Å². The monoisotopic (exact) mass is 496 g/mol. The maximum absolute atomic E-state index is 13.4. The van der Waals surface area contributed by atoms with E-state index in [2.05, 4.69) is 5.10 Å². The lowest BCUT2D eigenvalue weighted by molar-refractivity contribution is -0.126. The second kappa shape index (κ2) is 8.75. The van der Waals surface area contributed by atoms with Gasteiger partial charge in [0.05, 0.1) is 34.2 Å². The van der Waals surface area contributed by atoms with Crippen molar-refractivity contribution in [2.24, 2.45) is 0 Å². The fourth-order valence-electron chi connectivity index (χ4n) is 4.63. The van der Waals surface area contributed by atoms with E-state index in [0.29, 0.717) is 34.4 Å². The van der Waals surface area contributed by atoms with Crippen LogP contribution in [0.4, 0.5) is 5.69 Å². The van der Waals surface area contributed by atoms with Gasteiger partial charge in [-0.1, -0.05) is 18.2 Å². The Morgan fingerprint density at radius 3 is 2.51 bits per heavy atom. The number of carbonyl (C=O) groups is 2. The van der Waals surface area contributed by atoms with Gasteiger partial charge in [-0.3, -0.25) is 4.79 Å². The molecule has 1 saturated carbocycles. The van der Waals surface area contributed by atoms with Gasteiger partial charge in [0.25, 0.3) is 5.91 Å². The number of hydrogen-bond acceptors (Lipinski definition) is 7. The summed E-state index contributed by atoms with van der Waals surface area (Å²) in [5.41, 5.74) is 2.86. The van der Waals surface area contributed by atoms with Crippen molar-refractivity contribution in [1.82, 2.24) is 14.8 Å². The predicted octanol–water partition coefficient (Wildman–Crippen LogP) is 3.19. The minimum absolute atomic E-state index is 0.00962. The number of amides is 1. The van der Waals surface area contributed by atoms with Crippen LogP contribution in [0.5, 0.6) is 0 Å². The smallest absolute Gasteiger partial charge is 0.339 e. The summed E-state index contributed by atoms with van der Waals surface area (Å²) in [5, 5.41) is 5.13. The first-order chi connectivity index (χ1) is 16.6. The van der Waals surface area contributed by atoms with Crippen LogP contribution in [0, 0.1) is 6.92 Å². The van der Waals surface area contributed by atoms with Gasteiger partial charge in [0.1, 0.15) is 0 Å². The molecule has 1 aliphatic carbocycles. The van der Waals surface area contributed by atoms with Crippen molar-refractivity contribution < 1.29 is 22.7 Å². The quantitative estimate of drug-likeness (QED) is 0.482. The zero-order chi connectivity index (χ0) is 24.9. The van der Waals surface area contributed by atoms with Gasteiger partial charge >= 0.3 is 5.97 Å². The average Bonchev–Trinajstić information content (AvgIpc) is 3.56. The van der Waals surface area contributed by atoms with Gasteiger partial charge in [-0.25, -0.2) is 22.9 Å². The third kappa shape index (κ3) is 4.54. The number of ether oxygens (including phenoxy) is 1. The van der Waals surface area contributed by atoms with Crippen molar-refractivity contribution in [1.29, 1.82) is 0 Å². The van der Waals surface area contributed by atoms with Gasteiger partial charge in [-0.05, 0) is 51.3 Å². The Labute approximate surface area is 204 Å². The Balaban J connectivity index is 1.47. The number of esters is 1. The Hall–Kier alpha value is -3.27. The topological polar surface area (TPSA) is 111 Å². The van der Waals surface area contributed by atoms with E-state index in [1.54, 1.807) is 31.6 Å². The summed E-state index contributed by atoms with van der Waals surface area (Å²) in [4.78, 5) is 32.5. The minimum Gasteiger partial charge on any atom is -0.449 e. The third-order valence-corrected chi connectivity index (χ3v) is 8.48. The highest BCUT2D eigenvalue weighted by Gasteiger charge is 2.34. The molecular formula is C25H28N4O5S. The predicted molar refractivity (Wildman–Crippen MR) is 131 cm³/mol. The maximum Gasteiger partial charge on any atom is 0.339 e. The minimum atomic E-state index is -3.12. The van der Waals surface area contributed by atoms with Crippen LogP contribution in [-0.2, 0) is 19.4 Å². The molecule has 2 fully saturated rings. The molecule has 0 spiro atoms. The number of para-hydroxylation sites is 1. The molecule has 1 saturated heterocycles. The molecule has 2 atom stereocenters. The number of carbonyl (C=O) groups excluding carboxylic acids is 2. The Morgan fingerprint density at radius 2 is 1.89 bits per heavy atom. The molecule has 1 amide bonds. The Bertz CT molecular complexity index is 1410. The molecule has 1 aliphatic heterocycles. The number of aryl methyl sites for hydroxylation is 1. The van der Waals surface area contributed by atoms with Gasteiger partial charge in [-0.15, -0.1) is 0 Å². The highest BCUT2D eigenvalue weighted by molar-refractivity contribution is 7.91. The number of hydrogen-bond donors (Lipinski definition) is 0. The summed E-state index contributed by atoms with van der Waals surface area (Å²) < 4.78 is 31.5. The van der Waals surface area contributed by atoms with E-state index in [1.807, 2.05) is 30.3 Å². The number of sulfone groups is 1. The standard InChI is InChI=1S/C25H28N4O5S/c1-15-22-20(25(31)34-16(2)24(30)28(3)18-7-5-4-6-8-18)13-21(17-9-10-17)26-23(22)29(27-15)19-11-12-35(32,33)14-19/h4-8,13,16-17,19H,9-12,14H2,1-3H3/t16-,19-/m0/s1. The molecule has 3 aromatic rings. The van der Waals surface area contributed by atoms with Crippen LogP contribution < -0.4 is 4.90 Å². The molecule has 184 valence electrons. The first-order valence-corrected chi connectivity index (χ1v) is 13.6. The summed E-state index contributed by atoms with van der Waals surface area (Å²) in [6, 6.07) is 10.6. The number of aromatic nitrogens is 3. The van der Waals surface area contributed by atoms with Crippen LogP contribution in [0.3, 0.4) is 0 Å². The van der Waals surface area contributed by atoms with Gasteiger partial charge in [0.15, 0.2) is 21.6 Å². The number of likely N-dealkylation sites (N-methyl/N-ethyl adjacent to an activating group) is 1. The van der Waals surface area contributed by atoms with Crippen molar-refractivity contribution in [3.05, 3.63) is 53.3 Å². The van der Waals surface area contributed by atoms with Crippen LogP contribution in [0.1, 0.15) is 59.9 Å². The fraction of sp³-hybridized carbons (Fsp3) is 0.440. The Morgan fingerprint density at radius 1 is 1.17 bits per heavy atom. The van der Waals surface area contributed by atoms with Crippen LogP contribution >= 0.6 is 0 Å². The van der Waals surface area contributed by atoms with E-state index in [-0.39, 0.29) is 29.4 Å². The lowest BCUT2D eigenvalue weighted by Gasteiger charge is -2.21. The number of anilines is 1. The summed E-state index contributed by atoms with van der Waals surface area (Å²) in [6.07, 6.45) is 1.42. The molecule has 0 N–H and O–H groups in total. The first kappa shape index (κ1) is 23.5. The zero-order valence-electron chi connectivity index (χ0n) is 20.0. The third-order valence-electron chi connectivity index (χ3n) is 6.73. The molecule has 0 bridgehead atoms. The summed E-state index contributed by atoms with van der Waals surface area (Å²) in [5.74, 6) is -0.589. The van der Waals surface area contributed by atoms with E-state index < -0.39 is 21.9 Å². The SMILES string of the molecule is Cc1nn([C@H]2CCS(=O)(=O)C2)c2nc(C3CC3)cc(C(=O)O[C@@H](C)C(=O)N(C)c3ccccc3)c12. The van der Waals surface area contributed by atoms with Gasteiger partial charge in [0.2, 0.25) is 0 Å². The zero-order valence-corrected chi connectivity index (χ0v) is 20.8. The van der Waals surface area contributed by atoms with Crippen molar-refractivity contribution in [2.45, 2.75) is 51.2 Å². The van der Waals surface area contributed by atoms with E-state index in [9.17, 15) is 18.0 Å². The molecule has 35 heavy (non-hydrogen) atoms. The van der Waals surface area contributed by atoms with E-state index in [1.165, 1.54) is 4.90 Å². The van der Waals surface area contributed by atoms with Crippen LogP contribution in [0.2, 0.25) is 0 Å². The van der Waals surface area contributed by atoms with Crippen molar-refractivity contribution in [3.63, 3.8) is 0 Å². The van der Waals surface area contributed by atoms with Gasteiger partial charge in [-0.2, -0.15) is 5.10 Å². The van der Waals surface area contributed by atoms with Crippen LogP contribution in [0.15, 0.2) is 36.4 Å². The average molecular weight is 497 g/mol. The molecule has 3 heterocycles. The van der Waals surface area contributed by atoms with E-state index in [4.69, 9.17) is 9.72 Å². The van der Waals surface area contributed by atoms with E-state index >= 15 is 0 Å². The maximum atomic E-state index is 13.4. The number of rotatable bonds is 6. The highest BCUT2D eigenvalue weighted by atomic mass is 32.2. The summed E-state index contributed by atoms with van der Waals surface area (Å²) >= 11 is 0. The number of pyridine rings is 1. The molecular weight excluding hydrogens is 468 g/mol. The molecule has 9 nitrogen and oxygen atoms in total. The molecule has 10 heteroatoms. The van der Waals surface area contributed by atoms with E-state index in [0.717, 1.165) is 18.5 Å². The fourth-order valence-corrected chi connectivity index (χ4v) is 6.32. The molecule has 2 aliphatic rings. The van der Waals surface area contributed by atoms with Crippen LogP contribution in [-0.4, -0.2) is 59.7 Å².